The zero-order valence-electron chi connectivity index (χ0n) is 15.6. The molecule has 146 valence electrons. The Labute approximate surface area is 160 Å². The Balaban J connectivity index is 1.86. The number of hydrogen-bond acceptors (Lipinski definition) is 4. The number of anilines is 1. The van der Waals surface area contributed by atoms with Crippen LogP contribution < -0.4 is 4.90 Å². The topological polar surface area (TPSA) is 49.9 Å². The number of rotatable bonds is 7. The first-order chi connectivity index (χ1) is 12.9. The van der Waals surface area contributed by atoms with Crippen LogP contribution in [0, 0.1) is 5.82 Å². The maximum atomic E-state index is 13.2. The van der Waals surface area contributed by atoms with Crippen LogP contribution in [0.1, 0.15) is 18.4 Å². The molecule has 0 N–H and O–H groups in total. The lowest BCUT2D eigenvalue weighted by Gasteiger charge is -2.25. The summed E-state index contributed by atoms with van der Waals surface area (Å²) < 4.78 is 46.6. The molecule has 1 saturated heterocycles. The molecule has 0 saturated carbocycles. The Morgan fingerprint density at radius 3 is 2.30 bits per heavy atom. The molecule has 1 heterocycles. The normalized spacial score (nSPS) is 17.4. The zero-order chi connectivity index (χ0) is 19.4. The Hall–Kier alpha value is -1.96. The predicted molar refractivity (Wildman–Crippen MR) is 104 cm³/mol. The van der Waals surface area contributed by atoms with Crippen molar-refractivity contribution in [1.29, 1.82) is 0 Å². The van der Waals surface area contributed by atoms with Crippen LogP contribution in [0.2, 0.25) is 0 Å². The van der Waals surface area contributed by atoms with Crippen LogP contribution in [-0.2, 0) is 21.3 Å². The van der Waals surface area contributed by atoms with Gasteiger partial charge in [0.1, 0.15) is 5.82 Å². The average Bonchev–Trinajstić information content (AvgIpc) is 3.15. The van der Waals surface area contributed by atoms with E-state index in [2.05, 4.69) is 0 Å². The fraction of sp³-hybridized carbons (Fsp3) is 0.400. The molecule has 0 aliphatic carbocycles. The minimum absolute atomic E-state index is 0.0896. The highest BCUT2D eigenvalue weighted by molar-refractivity contribution is 7.89. The fourth-order valence-electron chi connectivity index (χ4n) is 3.12. The van der Waals surface area contributed by atoms with E-state index in [9.17, 15) is 12.8 Å². The van der Waals surface area contributed by atoms with Gasteiger partial charge in [0, 0.05) is 39.5 Å². The van der Waals surface area contributed by atoms with Gasteiger partial charge in [0.2, 0.25) is 10.0 Å². The van der Waals surface area contributed by atoms with E-state index in [0.29, 0.717) is 6.61 Å². The fourth-order valence-corrected chi connectivity index (χ4v) is 4.58. The van der Waals surface area contributed by atoms with Crippen LogP contribution in [0.25, 0.3) is 0 Å². The number of nitrogens with zero attached hydrogens (tertiary/aromatic N) is 2. The van der Waals surface area contributed by atoms with Crippen molar-refractivity contribution in [2.45, 2.75) is 30.4 Å². The molecule has 1 aliphatic heterocycles. The predicted octanol–water partition coefficient (Wildman–Crippen LogP) is 3.26. The number of halogens is 1. The first-order valence-electron chi connectivity index (χ1n) is 9.00. The maximum Gasteiger partial charge on any atom is 0.243 e. The Kier molecular flexibility index (Phi) is 6.14. The second-order valence-corrected chi connectivity index (χ2v) is 8.89. The van der Waals surface area contributed by atoms with Gasteiger partial charge < -0.3 is 9.64 Å². The Morgan fingerprint density at radius 2 is 1.74 bits per heavy atom. The average molecular weight is 392 g/mol. The summed E-state index contributed by atoms with van der Waals surface area (Å²) in [7, 11) is 0.158. The second-order valence-electron chi connectivity index (χ2n) is 6.95. The summed E-state index contributed by atoms with van der Waals surface area (Å²) in [6.45, 7) is 1.19. The maximum absolute atomic E-state index is 13.2. The van der Waals surface area contributed by atoms with Gasteiger partial charge in [-0.3, -0.25) is 0 Å². The monoisotopic (exact) mass is 392 g/mol. The van der Waals surface area contributed by atoms with Gasteiger partial charge in [0.15, 0.2) is 0 Å². The highest BCUT2D eigenvalue weighted by atomic mass is 32.2. The summed E-state index contributed by atoms with van der Waals surface area (Å²) in [5.74, 6) is -0.459. The van der Waals surface area contributed by atoms with Gasteiger partial charge in [-0.05, 0) is 54.8 Å². The molecule has 0 aromatic heterocycles. The van der Waals surface area contributed by atoms with Crippen LogP contribution >= 0.6 is 0 Å². The minimum atomic E-state index is -3.75. The molecule has 27 heavy (non-hydrogen) atoms. The van der Waals surface area contributed by atoms with Gasteiger partial charge in [-0.1, -0.05) is 12.1 Å². The molecule has 0 radical (unpaired) electrons. The second kappa shape index (κ2) is 8.37. The van der Waals surface area contributed by atoms with Gasteiger partial charge in [-0.25, -0.2) is 12.8 Å². The van der Waals surface area contributed by atoms with Crippen molar-refractivity contribution < 1.29 is 17.5 Å². The first kappa shape index (κ1) is 19.8. The lowest BCUT2D eigenvalue weighted by molar-refractivity contribution is 0.0926. The van der Waals surface area contributed by atoms with Crippen LogP contribution in [0.5, 0.6) is 0 Å². The van der Waals surface area contributed by atoms with Gasteiger partial charge in [0.25, 0.3) is 0 Å². The largest absolute Gasteiger partial charge is 0.378 e. The summed E-state index contributed by atoms with van der Waals surface area (Å²) in [4.78, 5) is 2.08. The van der Waals surface area contributed by atoms with Gasteiger partial charge >= 0.3 is 0 Å². The molecule has 7 heteroatoms. The quantitative estimate of drug-likeness (QED) is 0.726. The highest BCUT2D eigenvalue weighted by Crippen LogP contribution is 2.23. The van der Waals surface area contributed by atoms with E-state index in [-0.39, 0.29) is 24.1 Å². The van der Waals surface area contributed by atoms with Crippen LogP contribution in [-0.4, -0.2) is 46.1 Å². The van der Waals surface area contributed by atoms with Crippen molar-refractivity contribution in [3.63, 3.8) is 0 Å². The van der Waals surface area contributed by atoms with E-state index in [4.69, 9.17) is 4.74 Å². The van der Waals surface area contributed by atoms with E-state index in [1.807, 2.05) is 43.3 Å². The molecule has 0 bridgehead atoms. The molecule has 1 fully saturated rings. The van der Waals surface area contributed by atoms with E-state index >= 15 is 0 Å². The van der Waals surface area contributed by atoms with Crippen LogP contribution in [0.3, 0.4) is 0 Å². The van der Waals surface area contributed by atoms with Crippen LogP contribution in [0.15, 0.2) is 53.4 Å². The molecular weight excluding hydrogens is 367 g/mol. The lowest BCUT2D eigenvalue weighted by Crippen LogP contribution is -2.37. The Bertz CT molecular complexity index is 846. The molecule has 2 aromatic rings. The number of benzene rings is 2. The minimum Gasteiger partial charge on any atom is -0.378 e. The van der Waals surface area contributed by atoms with Crippen LogP contribution in [0.4, 0.5) is 10.1 Å². The Morgan fingerprint density at radius 1 is 1.07 bits per heavy atom. The van der Waals surface area contributed by atoms with Crippen molar-refractivity contribution in [2.24, 2.45) is 0 Å². The summed E-state index contributed by atoms with van der Waals surface area (Å²) in [5, 5.41) is 0. The van der Waals surface area contributed by atoms with E-state index < -0.39 is 15.8 Å². The number of sulfonamides is 1. The molecule has 1 atom stereocenters. The molecular formula is C20H25FN2O3S. The third kappa shape index (κ3) is 4.86. The summed E-state index contributed by atoms with van der Waals surface area (Å²) in [6, 6.07) is 12.7. The molecule has 0 unspecified atom stereocenters. The van der Waals surface area contributed by atoms with E-state index in [1.165, 1.54) is 28.6 Å². The molecule has 0 amide bonds. The molecule has 1 aliphatic rings. The summed E-state index contributed by atoms with van der Waals surface area (Å²) in [6.07, 6.45) is 1.67. The van der Waals surface area contributed by atoms with Crippen molar-refractivity contribution in [3.05, 3.63) is 59.9 Å². The van der Waals surface area contributed by atoms with E-state index in [0.717, 1.165) is 24.1 Å². The molecule has 3 rings (SSSR count). The van der Waals surface area contributed by atoms with Crippen molar-refractivity contribution >= 4 is 15.7 Å². The zero-order valence-corrected chi connectivity index (χ0v) is 16.5. The smallest absolute Gasteiger partial charge is 0.243 e. The van der Waals surface area contributed by atoms with Crippen molar-refractivity contribution in [2.75, 3.05) is 32.1 Å². The molecule has 5 nitrogen and oxygen atoms in total. The number of hydrogen-bond donors (Lipinski definition) is 0. The van der Waals surface area contributed by atoms with Gasteiger partial charge in [-0.2, -0.15) is 4.31 Å². The molecule has 2 aromatic carbocycles. The number of ether oxygens (including phenoxy) is 1. The van der Waals surface area contributed by atoms with Gasteiger partial charge in [-0.15, -0.1) is 0 Å². The summed E-state index contributed by atoms with van der Waals surface area (Å²) >= 11 is 0. The SMILES string of the molecule is CN(C)c1ccc(CN(C[C@@H]2CCCO2)S(=O)(=O)c2ccc(F)cc2)cc1. The van der Waals surface area contributed by atoms with E-state index in [1.54, 1.807) is 0 Å². The van der Waals surface area contributed by atoms with Crippen molar-refractivity contribution in [3.8, 4) is 0 Å². The lowest BCUT2D eigenvalue weighted by atomic mass is 10.2. The third-order valence-electron chi connectivity index (χ3n) is 4.69. The highest BCUT2D eigenvalue weighted by Gasteiger charge is 2.29. The summed E-state index contributed by atoms with van der Waals surface area (Å²) in [5.41, 5.74) is 1.94. The van der Waals surface area contributed by atoms with Crippen molar-refractivity contribution in [1.82, 2.24) is 4.31 Å². The standard InChI is InChI=1S/C20H25FN2O3S/c1-22(2)18-9-5-16(6-10-18)14-23(15-19-4-3-13-26-19)27(24,25)20-11-7-17(21)8-12-20/h5-12,19H,3-4,13-15H2,1-2H3/t19-/m0/s1. The molecule has 0 spiro atoms. The first-order valence-corrected chi connectivity index (χ1v) is 10.4. The van der Waals surface area contributed by atoms with Gasteiger partial charge in [0.05, 0.1) is 11.0 Å². The third-order valence-corrected chi connectivity index (χ3v) is 6.52.